The van der Waals surface area contributed by atoms with Crippen LogP contribution in [0.2, 0.25) is 5.02 Å². The van der Waals surface area contributed by atoms with Gasteiger partial charge in [0.2, 0.25) is 0 Å². The number of methoxy groups -OCH3 is 1. The van der Waals surface area contributed by atoms with Crippen LogP contribution >= 0.6 is 11.6 Å². The molecule has 0 fully saturated rings. The van der Waals surface area contributed by atoms with Crippen molar-refractivity contribution in [1.82, 2.24) is 9.55 Å². The largest absolute Gasteiger partial charge is 0.495 e. The van der Waals surface area contributed by atoms with Crippen LogP contribution in [0.25, 0.3) is 16.6 Å². The quantitative estimate of drug-likeness (QED) is 0.752. The highest BCUT2D eigenvalue weighted by atomic mass is 35.5. The zero-order chi connectivity index (χ0) is 18.4. The molecule has 9 heteroatoms. The molecular formula is C16H10ClF3N2O3. The first-order valence-corrected chi connectivity index (χ1v) is 7.30. The van der Waals surface area contributed by atoms with E-state index in [0.717, 1.165) is 22.8 Å². The summed E-state index contributed by atoms with van der Waals surface area (Å²) in [6.07, 6.45) is -4.63. The van der Waals surface area contributed by atoms with E-state index in [0.29, 0.717) is 0 Å². The summed E-state index contributed by atoms with van der Waals surface area (Å²) < 4.78 is 45.2. The van der Waals surface area contributed by atoms with Gasteiger partial charge in [-0.15, -0.1) is 0 Å². The average Bonchev–Trinajstić information content (AvgIpc) is 2.53. The molecule has 0 aliphatic rings. The van der Waals surface area contributed by atoms with Crippen molar-refractivity contribution >= 4 is 22.5 Å². The molecule has 1 N–H and O–H groups in total. The summed E-state index contributed by atoms with van der Waals surface area (Å²) >= 11 is 5.94. The molecule has 1 heterocycles. The fourth-order valence-corrected chi connectivity index (χ4v) is 2.66. The molecule has 0 unspecified atom stereocenters. The van der Waals surface area contributed by atoms with E-state index in [1.807, 2.05) is 0 Å². The topological polar surface area (TPSA) is 64.1 Å². The molecule has 0 aliphatic carbocycles. The predicted octanol–water partition coefficient (Wildman–Crippen LogP) is 3.36. The molecular weight excluding hydrogens is 361 g/mol. The lowest BCUT2D eigenvalue weighted by atomic mass is 10.1. The summed E-state index contributed by atoms with van der Waals surface area (Å²) in [5.74, 6) is 0.206. The normalized spacial score (nSPS) is 11.7. The maximum atomic E-state index is 13.0. The molecule has 3 rings (SSSR count). The number of alkyl halides is 3. The third-order valence-corrected chi connectivity index (χ3v) is 3.85. The number of rotatable bonds is 2. The third-order valence-electron chi connectivity index (χ3n) is 3.62. The van der Waals surface area contributed by atoms with Crippen LogP contribution in [0.15, 0.2) is 46.0 Å². The number of hydrogen-bond donors (Lipinski definition) is 1. The molecule has 0 bridgehead atoms. The van der Waals surface area contributed by atoms with Gasteiger partial charge in [0.1, 0.15) is 5.75 Å². The van der Waals surface area contributed by atoms with Crippen LogP contribution in [-0.2, 0) is 6.18 Å². The van der Waals surface area contributed by atoms with Crippen LogP contribution in [0.5, 0.6) is 5.75 Å². The molecule has 0 spiro atoms. The van der Waals surface area contributed by atoms with E-state index >= 15 is 0 Å². The smallest absolute Gasteiger partial charge is 0.416 e. The summed E-state index contributed by atoms with van der Waals surface area (Å²) in [6, 6.07) is 6.87. The number of halogens is 4. The molecule has 0 atom stereocenters. The standard InChI is InChI=1S/C16H10ClF3N2O3/c1-25-13-5-3-9(17)7-12(13)22-11-6-8(16(18,19)20)2-4-10(11)14(23)21-15(22)24/h2-7H,1H3,(H,21,23,24). The molecule has 3 aromatic rings. The van der Waals surface area contributed by atoms with Crippen molar-refractivity contribution in [3.63, 3.8) is 0 Å². The minimum Gasteiger partial charge on any atom is -0.495 e. The number of ether oxygens (including phenoxy) is 1. The molecule has 25 heavy (non-hydrogen) atoms. The van der Waals surface area contributed by atoms with Gasteiger partial charge in [0, 0.05) is 5.02 Å². The first kappa shape index (κ1) is 17.1. The Bertz CT molecular complexity index is 1090. The molecule has 2 aromatic carbocycles. The SMILES string of the molecule is COc1ccc(Cl)cc1-n1c(=O)[nH]c(=O)c2ccc(C(F)(F)F)cc21. The third kappa shape index (κ3) is 3.00. The van der Waals surface area contributed by atoms with Gasteiger partial charge in [0.15, 0.2) is 0 Å². The van der Waals surface area contributed by atoms with Gasteiger partial charge in [-0.3, -0.25) is 14.3 Å². The zero-order valence-electron chi connectivity index (χ0n) is 12.6. The molecule has 1 aromatic heterocycles. The summed E-state index contributed by atoms with van der Waals surface area (Å²) in [5, 5.41) is 0.170. The number of nitrogens with zero attached hydrogens (tertiary/aromatic N) is 1. The molecule has 5 nitrogen and oxygen atoms in total. The summed E-state index contributed by atoms with van der Waals surface area (Å²) in [6.45, 7) is 0. The van der Waals surface area contributed by atoms with Crippen molar-refractivity contribution in [2.24, 2.45) is 0 Å². The average molecular weight is 371 g/mol. The van der Waals surface area contributed by atoms with E-state index < -0.39 is 23.0 Å². The molecule has 130 valence electrons. The Morgan fingerprint density at radius 1 is 1.12 bits per heavy atom. The first-order chi connectivity index (χ1) is 11.7. The Morgan fingerprint density at radius 2 is 1.84 bits per heavy atom. The molecule has 0 saturated heterocycles. The Hall–Kier alpha value is -2.74. The van der Waals surface area contributed by atoms with Crippen molar-refractivity contribution in [3.05, 3.63) is 67.8 Å². The van der Waals surface area contributed by atoms with Crippen molar-refractivity contribution < 1.29 is 17.9 Å². The van der Waals surface area contributed by atoms with Gasteiger partial charge in [-0.2, -0.15) is 13.2 Å². The first-order valence-electron chi connectivity index (χ1n) is 6.92. The highest BCUT2D eigenvalue weighted by molar-refractivity contribution is 6.30. The summed E-state index contributed by atoms with van der Waals surface area (Å²) in [5.41, 5.74) is -2.77. The van der Waals surface area contributed by atoms with Crippen molar-refractivity contribution in [2.45, 2.75) is 6.18 Å². The van der Waals surface area contributed by atoms with Gasteiger partial charge < -0.3 is 4.74 Å². The van der Waals surface area contributed by atoms with Crippen LogP contribution in [0, 0.1) is 0 Å². The molecule has 0 radical (unpaired) electrons. The van der Waals surface area contributed by atoms with E-state index in [1.165, 1.54) is 25.3 Å². The molecule has 0 saturated carbocycles. The number of nitrogens with one attached hydrogen (secondary N) is 1. The van der Waals surface area contributed by atoms with Gasteiger partial charge in [-0.05, 0) is 36.4 Å². The van der Waals surface area contributed by atoms with E-state index in [1.54, 1.807) is 0 Å². The Labute approximate surface area is 143 Å². The van der Waals surface area contributed by atoms with Crippen LogP contribution < -0.4 is 16.0 Å². The molecule has 0 amide bonds. The van der Waals surface area contributed by atoms with E-state index in [-0.39, 0.29) is 27.4 Å². The number of benzene rings is 2. The lowest BCUT2D eigenvalue weighted by Crippen LogP contribution is -2.29. The van der Waals surface area contributed by atoms with Gasteiger partial charge in [-0.1, -0.05) is 11.6 Å². The van der Waals surface area contributed by atoms with Crippen LogP contribution in [0.3, 0.4) is 0 Å². The maximum Gasteiger partial charge on any atom is 0.416 e. The minimum absolute atomic E-state index is 0.0744. The summed E-state index contributed by atoms with van der Waals surface area (Å²) in [4.78, 5) is 26.4. The predicted molar refractivity (Wildman–Crippen MR) is 86.7 cm³/mol. The van der Waals surface area contributed by atoms with Gasteiger partial charge in [-0.25, -0.2) is 4.79 Å². The fourth-order valence-electron chi connectivity index (χ4n) is 2.49. The maximum absolute atomic E-state index is 13.0. The number of H-pyrrole nitrogens is 1. The highest BCUT2D eigenvalue weighted by Crippen LogP contribution is 2.32. The second-order valence-electron chi connectivity index (χ2n) is 5.14. The van der Waals surface area contributed by atoms with E-state index in [2.05, 4.69) is 4.98 Å². The number of fused-ring (bicyclic) bond motifs is 1. The lowest BCUT2D eigenvalue weighted by Gasteiger charge is -2.15. The van der Waals surface area contributed by atoms with Gasteiger partial charge in [0.25, 0.3) is 5.56 Å². The van der Waals surface area contributed by atoms with Gasteiger partial charge in [0.05, 0.1) is 29.3 Å². The Morgan fingerprint density at radius 3 is 2.48 bits per heavy atom. The second-order valence-corrected chi connectivity index (χ2v) is 5.58. The monoisotopic (exact) mass is 370 g/mol. The van der Waals surface area contributed by atoms with Crippen LogP contribution in [0.4, 0.5) is 13.2 Å². The number of aromatic amines is 1. The minimum atomic E-state index is -4.63. The van der Waals surface area contributed by atoms with Crippen molar-refractivity contribution in [3.8, 4) is 11.4 Å². The Kier molecular flexibility index (Phi) is 4.08. The lowest BCUT2D eigenvalue weighted by molar-refractivity contribution is -0.137. The summed E-state index contributed by atoms with van der Waals surface area (Å²) in [7, 11) is 1.34. The van der Waals surface area contributed by atoms with Crippen LogP contribution in [0.1, 0.15) is 5.56 Å². The fraction of sp³-hybridized carbons (Fsp3) is 0.125. The highest BCUT2D eigenvalue weighted by Gasteiger charge is 2.31. The van der Waals surface area contributed by atoms with Crippen molar-refractivity contribution in [1.29, 1.82) is 0 Å². The zero-order valence-corrected chi connectivity index (χ0v) is 13.4. The molecule has 0 aliphatic heterocycles. The number of hydrogen-bond acceptors (Lipinski definition) is 3. The van der Waals surface area contributed by atoms with E-state index in [4.69, 9.17) is 16.3 Å². The van der Waals surface area contributed by atoms with Gasteiger partial charge >= 0.3 is 11.9 Å². The second kappa shape index (κ2) is 5.96. The number of aromatic nitrogens is 2. The van der Waals surface area contributed by atoms with Crippen molar-refractivity contribution in [2.75, 3.05) is 7.11 Å². The van der Waals surface area contributed by atoms with E-state index in [9.17, 15) is 22.8 Å². The Balaban J connectivity index is 2.48. The van der Waals surface area contributed by atoms with Crippen LogP contribution in [-0.4, -0.2) is 16.7 Å².